The molecular formula is C23H26FN7O2. The van der Waals surface area contributed by atoms with E-state index >= 15 is 0 Å². The van der Waals surface area contributed by atoms with Crippen molar-refractivity contribution in [1.82, 2.24) is 15.3 Å². The first kappa shape index (κ1) is 23.6. The maximum atomic E-state index is 14.3. The van der Waals surface area contributed by atoms with Crippen molar-refractivity contribution in [3.05, 3.63) is 60.5 Å². The summed E-state index contributed by atoms with van der Waals surface area (Å²) in [5.41, 5.74) is 2.60. The Kier molecular flexibility index (Phi) is 8.66. The molecule has 0 bridgehead atoms. The van der Waals surface area contributed by atoms with Crippen LogP contribution in [0.2, 0.25) is 0 Å². The maximum absolute atomic E-state index is 14.3. The molecule has 10 heteroatoms. The molecule has 0 saturated heterocycles. The summed E-state index contributed by atoms with van der Waals surface area (Å²) in [4.78, 5) is 24.1. The Morgan fingerprint density at radius 2 is 1.85 bits per heavy atom. The third-order valence-electron chi connectivity index (χ3n) is 4.29. The number of benzene rings is 2. The molecule has 0 aliphatic heterocycles. The summed E-state index contributed by atoms with van der Waals surface area (Å²) in [6, 6.07) is 14.2. The summed E-state index contributed by atoms with van der Waals surface area (Å²) in [7, 11) is 0. The van der Waals surface area contributed by atoms with E-state index in [4.69, 9.17) is 5.11 Å². The molecule has 0 aliphatic carbocycles. The van der Waals surface area contributed by atoms with Gasteiger partial charge in [-0.1, -0.05) is 19.1 Å². The SMILES string of the molecule is CCCNC(=O)C=Nc1cccc(Nc2ncc(F)c(Nc3cccc(NCCO)c3)n2)c1. The van der Waals surface area contributed by atoms with E-state index in [-0.39, 0.29) is 24.3 Å². The molecule has 3 rings (SSSR count). The molecule has 0 atom stereocenters. The number of amides is 1. The Morgan fingerprint density at radius 1 is 1.09 bits per heavy atom. The minimum Gasteiger partial charge on any atom is -0.395 e. The van der Waals surface area contributed by atoms with Crippen LogP contribution < -0.4 is 21.3 Å². The zero-order valence-electron chi connectivity index (χ0n) is 18.2. The number of nitrogens with one attached hydrogen (secondary N) is 4. The van der Waals surface area contributed by atoms with Gasteiger partial charge in [-0.2, -0.15) is 4.98 Å². The van der Waals surface area contributed by atoms with Crippen LogP contribution in [0.25, 0.3) is 0 Å². The van der Waals surface area contributed by atoms with Crippen molar-refractivity contribution in [2.45, 2.75) is 13.3 Å². The highest BCUT2D eigenvalue weighted by molar-refractivity contribution is 6.26. The third-order valence-corrected chi connectivity index (χ3v) is 4.29. The molecule has 9 nitrogen and oxygen atoms in total. The largest absolute Gasteiger partial charge is 0.395 e. The number of hydrogen-bond acceptors (Lipinski definition) is 8. The first-order valence-electron chi connectivity index (χ1n) is 10.5. The van der Waals surface area contributed by atoms with Crippen molar-refractivity contribution in [2.75, 3.05) is 35.6 Å². The third kappa shape index (κ3) is 7.54. The Bertz CT molecular complexity index is 1110. The van der Waals surface area contributed by atoms with Crippen LogP contribution in [-0.2, 0) is 4.79 Å². The number of carbonyl (C=O) groups excluding carboxylic acids is 1. The van der Waals surface area contributed by atoms with Crippen LogP contribution in [-0.4, -0.2) is 46.9 Å². The zero-order valence-corrected chi connectivity index (χ0v) is 18.2. The summed E-state index contributed by atoms with van der Waals surface area (Å²) in [6.07, 6.45) is 3.15. The number of carbonyl (C=O) groups is 1. The maximum Gasteiger partial charge on any atom is 0.262 e. The molecule has 2 aromatic carbocycles. The molecule has 5 N–H and O–H groups in total. The fraction of sp³-hybridized carbons (Fsp3) is 0.217. The predicted octanol–water partition coefficient (Wildman–Crippen LogP) is 3.74. The number of halogens is 1. The summed E-state index contributed by atoms with van der Waals surface area (Å²) in [5.74, 6) is -0.669. The van der Waals surface area contributed by atoms with Crippen LogP contribution in [0.3, 0.4) is 0 Å². The van der Waals surface area contributed by atoms with Gasteiger partial charge in [-0.15, -0.1) is 0 Å². The van der Waals surface area contributed by atoms with Crippen molar-refractivity contribution in [3.63, 3.8) is 0 Å². The van der Waals surface area contributed by atoms with E-state index in [1.54, 1.807) is 42.5 Å². The van der Waals surface area contributed by atoms with Gasteiger partial charge >= 0.3 is 0 Å². The number of rotatable bonds is 11. The summed E-state index contributed by atoms with van der Waals surface area (Å²) in [5, 5.41) is 20.7. The van der Waals surface area contributed by atoms with Gasteiger partial charge in [-0.25, -0.2) is 9.37 Å². The molecule has 0 unspecified atom stereocenters. The van der Waals surface area contributed by atoms with Crippen LogP contribution in [0, 0.1) is 5.82 Å². The lowest BCUT2D eigenvalue weighted by molar-refractivity contribution is -0.114. The minimum atomic E-state index is -0.606. The van der Waals surface area contributed by atoms with E-state index in [1.165, 1.54) is 6.21 Å². The lowest BCUT2D eigenvalue weighted by Crippen LogP contribution is -2.24. The van der Waals surface area contributed by atoms with E-state index in [2.05, 4.69) is 36.2 Å². The van der Waals surface area contributed by atoms with Gasteiger partial charge < -0.3 is 26.4 Å². The molecule has 0 fully saturated rings. The standard InChI is InChI=1S/C23H26FN7O2/c1-2-9-26-21(33)15-27-17-6-4-8-19(13-17)30-23-28-14-20(24)22(31-23)29-18-7-3-5-16(12-18)25-10-11-32/h3-8,12-15,25,32H,2,9-11H2,1H3,(H,26,33)(H2,28,29,30,31). The number of aromatic nitrogens is 2. The molecule has 3 aromatic rings. The molecule has 1 amide bonds. The Morgan fingerprint density at radius 3 is 2.64 bits per heavy atom. The number of nitrogens with zero attached hydrogens (tertiary/aromatic N) is 3. The lowest BCUT2D eigenvalue weighted by atomic mass is 10.2. The number of hydrogen-bond donors (Lipinski definition) is 5. The summed E-state index contributed by atoms with van der Waals surface area (Å²) < 4.78 is 14.3. The quantitative estimate of drug-likeness (QED) is 0.281. The normalized spacial score (nSPS) is 10.8. The highest BCUT2D eigenvalue weighted by Crippen LogP contribution is 2.24. The topological polar surface area (TPSA) is 124 Å². The first-order valence-corrected chi connectivity index (χ1v) is 10.5. The van der Waals surface area contributed by atoms with Crippen LogP contribution >= 0.6 is 0 Å². The van der Waals surface area contributed by atoms with Gasteiger partial charge in [0, 0.05) is 30.2 Å². The van der Waals surface area contributed by atoms with Crippen molar-refractivity contribution in [3.8, 4) is 0 Å². The van der Waals surface area contributed by atoms with E-state index < -0.39 is 5.82 Å². The fourth-order valence-electron chi connectivity index (χ4n) is 2.78. The zero-order chi connectivity index (χ0) is 23.5. The number of aliphatic hydroxyl groups excluding tert-OH is 1. The van der Waals surface area contributed by atoms with Gasteiger partial charge in [0.05, 0.1) is 24.7 Å². The minimum absolute atomic E-state index is 0.00574. The van der Waals surface area contributed by atoms with Crippen molar-refractivity contribution in [2.24, 2.45) is 4.99 Å². The lowest BCUT2D eigenvalue weighted by Gasteiger charge is -2.11. The van der Waals surface area contributed by atoms with Crippen LogP contribution in [0.4, 0.5) is 38.9 Å². The van der Waals surface area contributed by atoms with Gasteiger partial charge in [0.1, 0.15) is 0 Å². The number of anilines is 5. The molecule has 33 heavy (non-hydrogen) atoms. The number of aliphatic imine (C=N–C) groups is 1. The molecule has 0 aliphatic rings. The van der Waals surface area contributed by atoms with E-state index in [9.17, 15) is 9.18 Å². The van der Waals surface area contributed by atoms with Gasteiger partial charge in [0.2, 0.25) is 5.95 Å². The smallest absolute Gasteiger partial charge is 0.262 e. The molecule has 1 heterocycles. The summed E-state index contributed by atoms with van der Waals surface area (Å²) >= 11 is 0. The Balaban J connectivity index is 1.70. The molecule has 0 saturated carbocycles. The highest BCUT2D eigenvalue weighted by Gasteiger charge is 2.09. The second kappa shape index (κ2) is 12.1. The van der Waals surface area contributed by atoms with Crippen LogP contribution in [0.5, 0.6) is 0 Å². The van der Waals surface area contributed by atoms with E-state index in [1.807, 2.05) is 13.0 Å². The average Bonchev–Trinajstić information content (AvgIpc) is 2.83. The first-order chi connectivity index (χ1) is 16.1. The fourth-order valence-corrected chi connectivity index (χ4v) is 2.78. The van der Waals surface area contributed by atoms with E-state index in [0.29, 0.717) is 30.2 Å². The average molecular weight is 452 g/mol. The van der Waals surface area contributed by atoms with Gasteiger partial charge in [0.15, 0.2) is 11.6 Å². The molecular weight excluding hydrogens is 425 g/mol. The van der Waals surface area contributed by atoms with Crippen LogP contribution in [0.1, 0.15) is 13.3 Å². The monoisotopic (exact) mass is 451 g/mol. The van der Waals surface area contributed by atoms with Crippen molar-refractivity contribution < 1.29 is 14.3 Å². The molecule has 0 radical (unpaired) electrons. The Hall–Kier alpha value is -4.05. The van der Waals surface area contributed by atoms with E-state index in [0.717, 1.165) is 18.3 Å². The predicted molar refractivity (Wildman–Crippen MR) is 128 cm³/mol. The second-order valence-electron chi connectivity index (χ2n) is 6.97. The molecule has 1 aromatic heterocycles. The van der Waals surface area contributed by atoms with Gasteiger partial charge in [-0.05, 0) is 42.8 Å². The van der Waals surface area contributed by atoms with Gasteiger partial charge in [-0.3, -0.25) is 9.79 Å². The Labute approximate surface area is 191 Å². The highest BCUT2D eigenvalue weighted by atomic mass is 19.1. The van der Waals surface area contributed by atoms with Crippen molar-refractivity contribution in [1.29, 1.82) is 0 Å². The molecule has 0 spiro atoms. The summed E-state index contributed by atoms with van der Waals surface area (Å²) in [6.45, 7) is 2.98. The van der Waals surface area contributed by atoms with Crippen LogP contribution in [0.15, 0.2) is 59.7 Å². The molecule has 172 valence electrons. The van der Waals surface area contributed by atoms with Crippen molar-refractivity contribution >= 4 is 46.6 Å². The van der Waals surface area contributed by atoms with Gasteiger partial charge in [0.25, 0.3) is 5.91 Å². The second-order valence-corrected chi connectivity index (χ2v) is 6.97. The number of aliphatic hydroxyl groups is 1.